The van der Waals surface area contributed by atoms with Gasteiger partial charge in [-0.3, -0.25) is 4.79 Å². The molecule has 2 aliphatic rings. The van der Waals surface area contributed by atoms with Crippen LogP contribution in [0.3, 0.4) is 0 Å². The van der Waals surface area contributed by atoms with Crippen LogP contribution in [0.5, 0.6) is 0 Å². The minimum absolute atomic E-state index is 0.0670. The number of carboxylic acid groups (broad SMARTS) is 1. The van der Waals surface area contributed by atoms with Gasteiger partial charge in [-0.05, 0) is 38.0 Å². The molecule has 0 radical (unpaired) electrons. The van der Waals surface area contributed by atoms with Crippen LogP contribution in [0.1, 0.15) is 51.9 Å². The SMILES string of the molecule is CCCC1(C(=O)O)CCN(C(=O)N(C)CC2CCC2)CC1. The molecule has 2 amide bonds. The second-order valence-corrected chi connectivity index (χ2v) is 6.78. The lowest BCUT2D eigenvalue weighted by Crippen LogP contribution is -2.50. The van der Waals surface area contributed by atoms with Crippen LogP contribution in [0.15, 0.2) is 0 Å². The van der Waals surface area contributed by atoms with Gasteiger partial charge in [0.2, 0.25) is 0 Å². The van der Waals surface area contributed by atoms with E-state index in [0.717, 1.165) is 13.0 Å². The monoisotopic (exact) mass is 296 g/mol. The summed E-state index contributed by atoms with van der Waals surface area (Å²) in [6.07, 6.45) is 6.50. The number of rotatable bonds is 5. The van der Waals surface area contributed by atoms with Gasteiger partial charge >= 0.3 is 12.0 Å². The maximum atomic E-state index is 12.4. The van der Waals surface area contributed by atoms with Gasteiger partial charge in [-0.2, -0.15) is 0 Å². The van der Waals surface area contributed by atoms with Crippen LogP contribution in [-0.2, 0) is 4.79 Å². The number of carbonyl (C=O) groups is 2. The van der Waals surface area contributed by atoms with Gasteiger partial charge in [0.15, 0.2) is 0 Å². The molecule has 0 atom stereocenters. The molecule has 0 unspecified atom stereocenters. The first-order valence-electron chi connectivity index (χ1n) is 8.22. The lowest BCUT2D eigenvalue weighted by atomic mass is 9.75. The average Bonchev–Trinajstić information content (AvgIpc) is 2.42. The van der Waals surface area contributed by atoms with Gasteiger partial charge in [-0.25, -0.2) is 4.79 Å². The molecule has 0 aromatic heterocycles. The van der Waals surface area contributed by atoms with E-state index in [1.165, 1.54) is 19.3 Å². The van der Waals surface area contributed by atoms with Crippen molar-refractivity contribution in [2.75, 3.05) is 26.7 Å². The molecule has 1 aliphatic carbocycles. The van der Waals surface area contributed by atoms with Gasteiger partial charge in [0.1, 0.15) is 0 Å². The number of likely N-dealkylation sites (tertiary alicyclic amines) is 1. The van der Waals surface area contributed by atoms with Crippen molar-refractivity contribution in [3.8, 4) is 0 Å². The van der Waals surface area contributed by atoms with Gasteiger partial charge < -0.3 is 14.9 Å². The molecule has 1 saturated carbocycles. The summed E-state index contributed by atoms with van der Waals surface area (Å²) in [5, 5.41) is 9.50. The molecule has 0 aromatic carbocycles. The van der Waals surface area contributed by atoms with Crippen molar-refractivity contribution in [2.45, 2.75) is 51.9 Å². The minimum atomic E-state index is -0.695. The number of hydrogen-bond acceptors (Lipinski definition) is 2. The van der Waals surface area contributed by atoms with E-state index >= 15 is 0 Å². The van der Waals surface area contributed by atoms with Gasteiger partial charge in [-0.1, -0.05) is 19.8 Å². The minimum Gasteiger partial charge on any atom is -0.481 e. The maximum absolute atomic E-state index is 12.4. The lowest BCUT2D eigenvalue weighted by molar-refractivity contribution is -0.152. The van der Waals surface area contributed by atoms with Crippen LogP contribution < -0.4 is 0 Å². The highest BCUT2D eigenvalue weighted by molar-refractivity contribution is 5.77. The Morgan fingerprint density at radius 2 is 1.90 bits per heavy atom. The number of hydrogen-bond donors (Lipinski definition) is 1. The van der Waals surface area contributed by atoms with E-state index < -0.39 is 11.4 Å². The Hall–Kier alpha value is -1.26. The molecular formula is C16H28N2O3. The third-order valence-electron chi connectivity index (χ3n) is 5.26. The lowest BCUT2D eigenvalue weighted by Gasteiger charge is -2.41. The molecular weight excluding hydrogens is 268 g/mol. The zero-order chi connectivity index (χ0) is 15.5. The van der Waals surface area contributed by atoms with Crippen molar-refractivity contribution in [1.29, 1.82) is 0 Å². The topological polar surface area (TPSA) is 60.9 Å². The summed E-state index contributed by atoms with van der Waals surface area (Å²) in [4.78, 5) is 27.6. The Kier molecular flexibility index (Phi) is 5.12. The molecule has 2 fully saturated rings. The molecule has 21 heavy (non-hydrogen) atoms. The number of aliphatic carboxylic acids is 1. The largest absolute Gasteiger partial charge is 0.481 e. The molecule has 2 rings (SSSR count). The number of urea groups is 1. The molecule has 120 valence electrons. The van der Waals surface area contributed by atoms with Crippen molar-refractivity contribution in [3.05, 3.63) is 0 Å². The Morgan fingerprint density at radius 1 is 1.29 bits per heavy atom. The fourth-order valence-electron chi connectivity index (χ4n) is 3.56. The van der Waals surface area contributed by atoms with Crippen molar-refractivity contribution in [3.63, 3.8) is 0 Å². The summed E-state index contributed by atoms with van der Waals surface area (Å²) in [5.74, 6) is -0.0267. The molecule has 5 heteroatoms. The number of carboxylic acids is 1. The van der Waals surface area contributed by atoms with E-state index in [2.05, 4.69) is 0 Å². The highest BCUT2D eigenvalue weighted by Crippen LogP contribution is 2.37. The normalized spacial score (nSPS) is 21.7. The zero-order valence-corrected chi connectivity index (χ0v) is 13.3. The second-order valence-electron chi connectivity index (χ2n) is 6.78. The Balaban J connectivity index is 1.86. The first kappa shape index (κ1) is 16.1. The average molecular weight is 296 g/mol. The van der Waals surface area contributed by atoms with E-state index in [1.807, 2.05) is 23.8 Å². The van der Waals surface area contributed by atoms with E-state index in [1.54, 1.807) is 0 Å². The molecule has 0 bridgehead atoms. The molecule has 0 aromatic rings. The van der Waals surface area contributed by atoms with Gasteiger partial charge in [-0.15, -0.1) is 0 Å². The Labute approximate surface area is 127 Å². The first-order valence-corrected chi connectivity index (χ1v) is 8.22. The van der Waals surface area contributed by atoms with Crippen molar-refractivity contribution < 1.29 is 14.7 Å². The van der Waals surface area contributed by atoms with Gasteiger partial charge in [0.05, 0.1) is 5.41 Å². The number of amides is 2. The summed E-state index contributed by atoms with van der Waals surface area (Å²) in [6, 6.07) is 0.0670. The molecule has 1 saturated heterocycles. The van der Waals surface area contributed by atoms with E-state index in [0.29, 0.717) is 38.3 Å². The smallest absolute Gasteiger partial charge is 0.319 e. The predicted molar refractivity (Wildman–Crippen MR) is 81.2 cm³/mol. The number of carbonyl (C=O) groups excluding carboxylic acids is 1. The summed E-state index contributed by atoms with van der Waals surface area (Å²) >= 11 is 0. The fourth-order valence-corrected chi connectivity index (χ4v) is 3.56. The molecule has 1 N–H and O–H groups in total. The highest BCUT2D eigenvalue weighted by atomic mass is 16.4. The van der Waals surface area contributed by atoms with Crippen LogP contribution in [0.2, 0.25) is 0 Å². The third kappa shape index (κ3) is 3.50. The number of piperidine rings is 1. The predicted octanol–water partition coefficient (Wildman–Crippen LogP) is 2.81. The Bertz CT molecular complexity index is 385. The van der Waals surface area contributed by atoms with E-state index in [4.69, 9.17) is 0 Å². The van der Waals surface area contributed by atoms with E-state index in [9.17, 15) is 14.7 Å². The quantitative estimate of drug-likeness (QED) is 0.848. The number of nitrogens with zero attached hydrogens (tertiary/aromatic N) is 2. The van der Waals surface area contributed by atoms with Crippen LogP contribution in [0, 0.1) is 11.3 Å². The first-order chi connectivity index (χ1) is 9.98. The fraction of sp³-hybridized carbons (Fsp3) is 0.875. The molecule has 1 aliphatic heterocycles. The zero-order valence-electron chi connectivity index (χ0n) is 13.3. The van der Waals surface area contributed by atoms with Crippen LogP contribution in [-0.4, -0.2) is 53.6 Å². The molecule has 1 heterocycles. The van der Waals surface area contributed by atoms with Crippen LogP contribution >= 0.6 is 0 Å². The summed E-state index contributed by atoms with van der Waals surface area (Å²) < 4.78 is 0. The van der Waals surface area contributed by atoms with Gasteiger partial charge in [0.25, 0.3) is 0 Å². The van der Waals surface area contributed by atoms with Crippen molar-refractivity contribution in [1.82, 2.24) is 9.80 Å². The maximum Gasteiger partial charge on any atom is 0.319 e. The van der Waals surface area contributed by atoms with Crippen LogP contribution in [0.25, 0.3) is 0 Å². The molecule has 0 spiro atoms. The summed E-state index contributed by atoms with van der Waals surface area (Å²) in [5.41, 5.74) is -0.613. The van der Waals surface area contributed by atoms with Crippen molar-refractivity contribution in [2.24, 2.45) is 11.3 Å². The van der Waals surface area contributed by atoms with Crippen LogP contribution in [0.4, 0.5) is 4.79 Å². The molecule has 5 nitrogen and oxygen atoms in total. The highest BCUT2D eigenvalue weighted by Gasteiger charge is 2.42. The second kappa shape index (κ2) is 6.67. The van der Waals surface area contributed by atoms with Gasteiger partial charge in [0, 0.05) is 26.7 Å². The standard InChI is InChI=1S/C16H28N2O3/c1-3-7-16(14(19)20)8-10-18(11-9-16)15(21)17(2)12-13-5-4-6-13/h13H,3-12H2,1-2H3,(H,19,20). The third-order valence-corrected chi connectivity index (χ3v) is 5.26. The summed E-state index contributed by atoms with van der Waals surface area (Å²) in [7, 11) is 1.87. The summed E-state index contributed by atoms with van der Waals surface area (Å²) in [6.45, 7) is 4.00. The van der Waals surface area contributed by atoms with Crippen molar-refractivity contribution >= 4 is 12.0 Å². The van der Waals surface area contributed by atoms with E-state index in [-0.39, 0.29) is 6.03 Å². The Morgan fingerprint density at radius 3 is 2.33 bits per heavy atom.